The number of hydrogen-bond donors (Lipinski definition) is 0. The van der Waals surface area contributed by atoms with Crippen molar-refractivity contribution in [2.24, 2.45) is 0 Å². The van der Waals surface area contributed by atoms with Crippen LogP contribution in [-0.4, -0.2) is 69.9 Å². The van der Waals surface area contributed by atoms with Crippen LogP contribution in [0.25, 0.3) is 11.0 Å². The molecule has 1 aliphatic heterocycles. The van der Waals surface area contributed by atoms with Crippen LogP contribution in [0, 0.1) is 5.82 Å². The van der Waals surface area contributed by atoms with E-state index in [0.29, 0.717) is 19.0 Å². The molecule has 1 aliphatic rings. The van der Waals surface area contributed by atoms with Crippen molar-refractivity contribution in [3.63, 3.8) is 0 Å². The van der Waals surface area contributed by atoms with Crippen LogP contribution < -0.4 is 15.4 Å². The molecule has 1 unspecified atom stereocenters. The molecule has 11 heteroatoms. The van der Waals surface area contributed by atoms with Gasteiger partial charge in [-0.15, -0.1) is 0 Å². The van der Waals surface area contributed by atoms with Crippen LogP contribution in [-0.2, 0) is 11.3 Å². The van der Waals surface area contributed by atoms with Crippen molar-refractivity contribution in [2.45, 2.75) is 123 Å². The number of hydrogen-bond acceptors (Lipinski definition) is 7. The van der Waals surface area contributed by atoms with Crippen molar-refractivity contribution < 1.29 is 13.9 Å². The fourth-order valence-electron chi connectivity index (χ4n) is 7.43. The summed E-state index contributed by atoms with van der Waals surface area (Å²) in [4.78, 5) is 41.8. The van der Waals surface area contributed by atoms with Gasteiger partial charge in [0.15, 0.2) is 6.23 Å². The summed E-state index contributed by atoms with van der Waals surface area (Å²) < 4.78 is 23.1. The van der Waals surface area contributed by atoms with E-state index in [2.05, 4.69) is 27.4 Å². The normalized spacial score (nSPS) is 14.1. The van der Waals surface area contributed by atoms with Gasteiger partial charge in [0.25, 0.3) is 5.56 Å². The van der Waals surface area contributed by atoms with Crippen molar-refractivity contribution in [1.82, 2.24) is 24.0 Å². The second kappa shape index (κ2) is 20.2. The van der Waals surface area contributed by atoms with Crippen LogP contribution in [0.1, 0.15) is 116 Å². The maximum absolute atomic E-state index is 13.6. The van der Waals surface area contributed by atoms with Crippen molar-refractivity contribution >= 4 is 29.0 Å². The summed E-state index contributed by atoms with van der Waals surface area (Å²) in [5.41, 5.74) is 2.69. The Balaban J connectivity index is 1.12. The second-order valence-corrected chi connectivity index (χ2v) is 14.7. The first-order valence-corrected chi connectivity index (χ1v) is 19.9. The number of piperidine rings is 1. The third-order valence-electron chi connectivity index (χ3n) is 10.7. The zero-order chi connectivity index (χ0) is 37.6. The molecule has 4 aromatic rings. The molecule has 1 amide bonds. The molecule has 288 valence electrons. The quantitative estimate of drug-likeness (QED) is 0.0839. The van der Waals surface area contributed by atoms with Crippen molar-refractivity contribution in [2.75, 3.05) is 43.5 Å². The molecule has 1 saturated heterocycles. The van der Waals surface area contributed by atoms with E-state index in [1.165, 1.54) is 93.2 Å². The average molecular weight is 730 g/mol. The molecule has 2 aromatic carbocycles. The van der Waals surface area contributed by atoms with Gasteiger partial charge < -0.3 is 24.0 Å². The molecule has 0 aliphatic carbocycles. The largest absolute Gasteiger partial charge is 0.425 e. The monoisotopic (exact) mass is 729 g/mol. The number of para-hydroxylation sites is 2. The second-order valence-electron chi connectivity index (χ2n) is 14.7. The third kappa shape index (κ3) is 11.1. The van der Waals surface area contributed by atoms with Crippen LogP contribution in [0.2, 0.25) is 0 Å². The van der Waals surface area contributed by atoms with Gasteiger partial charge in [-0.2, -0.15) is 0 Å². The van der Waals surface area contributed by atoms with Gasteiger partial charge in [-0.3, -0.25) is 4.79 Å². The molecule has 0 spiro atoms. The zero-order valence-electron chi connectivity index (χ0n) is 32.4. The number of benzene rings is 2. The number of aromatic nitrogens is 4. The molecular weight excluding hydrogens is 670 g/mol. The van der Waals surface area contributed by atoms with Crippen molar-refractivity contribution in [3.05, 3.63) is 82.5 Å². The molecule has 1 atom stereocenters. The highest BCUT2D eigenvalue weighted by atomic mass is 19.1. The van der Waals surface area contributed by atoms with E-state index in [1.54, 1.807) is 18.9 Å². The number of carbonyl (C=O) groups excluding carboxylic acids is 1. The Morgan fingerprint density at radius 3 is 2.17 bits per heavy atom. The van der Waals surface area contributed by atoms with Gasteiger partial charge >= 0.3 is 6.09 Å². The Hall–Kier alpha value is -4.41. The van der Waals surface area contributed by atoms with E-state index in [0.717, 1.165) is 61.3 Å². The topological polar surface area (TPSA) is 88.7 Å². The molecule has 0 radical (unpaired) electrons. The van der Waals surface area contributed by atoms with E-state index in [1.807, 2.05) is 42.3 Å². The van der Waals surface area contributed by atoms with Gasteiger partial charge in [0.2, 0.25) is 11.9 Å². The van der Waals surface area contributed by atoms with Crippen LogP contribution >= 0.6 is 0 Å². The Kier molecular flexibility index (Phi) is 15.1. The summed E-state index contributed by atoms with van der Waals surface area (Å²) in [5.74, 6) is 1.11. The van der Waals surface area contributed by atoms with E-state index in [4.69, 9.17) is 9.72 Å². The number of fused-ring (bicyclic) bond motifs is 1. The number of unbranched alkanes of at least 4 members (excludes halogenated alkanes) is 11. The first-order valence-electron chi connectivity index (χ1n) is 19.9. The minimum atomic E-state index is -0.822. The van der Waals surface area contributed by atoms with Crippen LogP contribution in [0.5, 0.6) is 0 Å². The summed E-state index contributed by atoms with van der Waals surface area (Å²) in [6.45, 7) is 6.70. The van der Waals surface area contributed by atoms with Gasteiger partial charge in [-0.1, -0.05) is 102 Å². The maximum Gasteiger partial charge on any atom is 0.411 e. The number of anilines is 2. The van der Waals surface area contributed by atoms with Gasteiger partial charge in [-0.25, -0.2) is 23.7 Å². The Labute approximate surface area is 315 Å². The number of rotatable bonds is 20. The van der Waals surface area contributed by atoms with Crippen LogP contribution in [0.15, 0.2) is 65.6 Å². The predicted octanol–water partition coefficient (Wildman–Crippen LogP) is 9.17. The van der Waals surface area contributed by atoms with Gasteiger partial charge in [0, 0.05) is 52.0 Å². The van der Waals surface area contributed by atoms with Crippen LogP contribution in [0.4, 0.5) is 21.1 Å². The summed E-state index contributed by atoms with van der Waals surface area (Å²) in [5, 5.41) is 0. The van der Waals surface area contributed by atoms with E-state index in [-0.39, 0.29) is 17.4 Å². The zero-order valence-corrected chi connectivity index (χ0v) is 32.4. The number of ether oxygens (including phenoxy) is 1. The number of nitrogens with zero attached hydrogens (tertiary/aromatic N) is 7. The van der Waals surface area contributed by atoms with Gasteiger partial charge in [-0.05, 0) is 56.0 Å². The fraction of sp³-hybridized carbons (Fsp3) is 0.571. The van der Waals surface area contributed by atoms with Crippen molar-refractivity contribution in [3.8, 4) is 0 Å². The summed E-state index contributed by atoms with van der Waals surface area (Å²) in [6.07, 6.45) is 17.1. The Bertz CT molecular complexity index is 1770. The average Bonchev–Trinajstić information content (AvgIpc) is 3.53. The minimum Gasteiger partial charge on any atom is -0.425 e. The van der Waals surface area contributed by atoms with E-state index in [9.17, 15) is 14.0 Å². The smallest absolute Gasteiger partial charge is 0.411 e. The first-order chi connectivity index (χ1) is 25.8. The fourth-order valence-corrected chi connectivity index (χ4v) is 7.43. The molecule has 0 saturated carbocycles. The van der Waals surface area contributed by atoms with Gasteiger partial charge in [0.1, 0.15) is 5.82 Å². The Morgan fingerprint density at radius 1 is 0.887 bits per heavy atom. The Morgan fingerprint density at radius 2 is 1.51 bits per heavy atom. The molecular formula is C42H60FN7O3. The highest BCUT2D eigenvalue weighted by Gasteiger charge is 2.29. The molecule has 10 nitrogen and oxygen atoms in total. The number of carbonyl (C=O) groups is 1. The van der Waals surface area contributed by atoms with E-state index < -0.39 is 12.3 Å². The molecule has 0 bridgehead atoms. The highest BCUT2D eigenvalue weighted by molar-refractivity contribution is 5.79. The predicted molar refractivity (Wildman–Crippen MR) is 212 cm³/mol. The highest BCUT2D eigenvalue weighted by Crippen LogP contribution is 2.29. The van der Waals surface area contributed by atoms with E-state index >= 15 is 0 Å². The summed E-state index contributed by atoms with van der Waals surface area (Å²) >= 11 is 0. The summed E-state index contributed by atoms with van der Waals surface area (Å²) in [6, 6.07) is 16.2. The maximum atomic E-state index is 13.6. The minimum absolute atomic E-state index is 0.109. The summed E-state index contributed by atoms with van der Waals surface area (Å²) in [7, 11) is 3.71. The molecule has 3 heterocycles. The molecule has 2 aromatic heterocycles. The molecule has 1 fully saturated rings. The third-order valence-corrected chi connectivity index (χ3v) is 10.7. The number of amides is 1. The molecule has 5 rings (SSSR count). The lowest BCUT2D eigenvalue weighted by molar-refractivity contribution is 0.0416. The lowest BCUT2D eigenvalue weighted by Crippen LogP contribution is -2.46. The molecule has 53 heavy (non-hydrogen) atoms. The van der Waals surface area contributed by atoms with Crippen LogP contribution in [0.3, 0.4) is 0 Å². The SMILES string of the molecule is CCCCCCCCCCCCCCN(C)C(=O)OC(C)n1c(N(C)C2CCN(c3nc4ccccc4n3Cc3ccc(F)cc3)CC2)nccc1=O. The standard InChI is InChI=1S/C42H60FN7O3/c1-5-6-7-8-9-10-11-12-13-14-15-18-29-46(3)42(52)53-33(2)50-39(51)25-28-44-40(50)47(4)36-26-30-48(31-27-36)41-45-37-19-16-17-20-38(37)49(41)32-34-21-23-35(43)24-22-34/h16-17,19-25,28,33,36H,5-15,18,26-27,29-32H2,1-4H3. The number of imidazole rings is 1. The number of halogens is 1. The molecule has 0 N–H and O–H groups in total. The van der Waals surface area contributed by atoms with Crippen molar-refractivity contribution in [1.29, 1.82) is 0 Å². The lowest BCUT2D eigenvalue weighted by Gasteiger charge is -2.38. The first kappa shape index (κ1) is 39.8. The lowest BCUT2D eigenvalue weighted by atomic mass is 10.0. The van der Waals surface area contributed by atoms with Gasteiger partial charge in [0.05, 0.1) is 17.6 Å².